The van der Waals surface area contributed by atoms with Crippen LogP contribution in [0.1, 0.15) is 69.3 Å². The fraction of sp³-hybridized carbons (Fsp3) is 0.652. The van der Waals surface area contributed by atoms with Crippen LogP contribution >= 0.6 is 0 Å². The van der Waals surface area contributed by atoms with Gasteiger partial charge in [-0.05, 0) is 63.5 Å². The molecule has 0 saturated carbocycles. The van der Waals surface area contributed by atoms with Crippen molar-refractivity contribution in [2.45, 2.75) is 66.0 Å². The molecule has 0 fully saturated rings. The van der Waals surface area contributed by atoms with Crippen LogP contribution < -0.4 is 16.0 Å². The molecule has 3 N–H and O–H groups in total. The Bertz CT molecular complexity index is 596. The Kier molecular flexibility index (Phi) is 12.8. The van der Waals surface area contributed by atoms with Crippen molar-refractivity contribution >= 4 is 11.9 Å². The van der Waals surface area contributed by atoms with E-state index < -0.39 is 0 Å². The van der Waals surface area contributed by atoms with Crippen molar-refractivity contribution in [1.29, 1.82) is 0 Å². The van der Waals surface area contributed by atoms with E-state index in [1.165, 1.54) is 6.42 Å². The molecule has 1 amide bonds. The van der Waals surface area contributed by atoms with Crippen LogP contribution in [0, 0.1) is 0 Å². The van der Waals surface area contributed by atoms with Crippen LogP contribution in [-0.4, -0.2) is 56.0 Å². The molecule has 0 saturated heterocycles. The number of carbonyl (C=O) groups excluding carboxylic acids is 1. The van der Waals surface area contributed by atoms with Crippen molar-refractivity contribution in [3.63, 3.8) is 0 Å². The van der Waals surface area contributed by atoms with Gasteiger partial charge in [-0.1, -0.05) is 39.3 Å². The molecule has 0 spiro atoms. The van der Waals surface area contributed by atoms with Gasteiger partial charge in [-0.2, -0.15) is 0 Å². The highest BCUT2D eigenvalue weighted by atomic mass is 16.1. The predicted octanol–water partition coefficient (Wildman–Crippen LogP) is 3.39. The molecule has 1 aromatic carbocycles. The van der Waals surface area contributed by atoms with Gasteiger partial charge in [0.1, 0.15) is 0 Å². The number of guanidine groups is 1. The van der Waals surface area contributed by atoms with E-state index in [1.54, 1.807) is 7.05 Å². The third-order valence-corrected chi connectivity index (χ3v) is 5.10. The highest BCUT2D eigenvalue weighted by molar-refractivity contribution is 5.94. The van der Waals surface area contributed by atoms with Gasteiger partial charge in [0.2, 0.25) is 0 Å². The molecule has 0 aliphatic carbocycles. The Morgan fingerprint density at radius 1 is 1.07 bits per heavy atom. The van der Waals surface area contributed by atoms with Gasteiger partial charge in [-0.3, -0.25) is 9.79 Å². The van der Waals surface area contributed by atoms with E-state index in [2.05, 4.69) is 53.5 Å². The summed E-state index contributed by atoms with van der Waals surface area (Å²) in [5.74, 6) is 0.802. The van der Waals surface area contributed by atoms with Crippen LogP contribution in [0.3, 0.4) is 0 Å². The quantitative estimate of drug-likeness (QED) is 0.268. The van der Waals surface area contributed by atoms with E-state index >= 15 is 0 Å². The van der Waals surface area contributed by atoms with E-state index in [-0.39, 0.29) is 5.91 Å². The summed E-state index contributed by atoms with van der Waals surface area (Å²) in [6.07, 6.45) is 4.37. The average Bonchev–Trinajstić information content (AvgIpc) is 2.74. The molecule has 6 nitrogen and oxygen atoms in total. The SMILES string of the molecule is CCCCNC(=O)c1ccc(CNC(=NC)NC(C)CCCN(CC)CC)cc1. The van der Waals surface area contributed by atoms with Gasteiger partial charge in [-0.15, -0.1) is 0 Å². The maximum absolute atomic E-state index is 12.1. The molecule has 0 aromatic heterocycles. The second kappa shape index (κ2) is 14.9. The van der Waals surface area contributed by atoms with Gasteiger partial charge in [-0.25, -0.2) is 0 Å². The molecule has 1 atom stereocenters. The lowest BCUT2D eigenvalue weighted by Crippen LogP contribution is -2.42. The molecule has 164 valence electrons. The van der Waals surface area contributed by atoms with Gasteiger partial charge in [0.05, 0.1) is 0 Å². The Hall–Kier alpha value is -2.08. The van der Waals surface area contributed by atoms with Gasteiger partial charge in [0.25, 0.3) is 5.91 Å². The number of nitrogens with one attached hydrogen (secondary N) is 3. The Labute approximate surface area is 177 Å². The number of amides is 1. The number of aliphatic imine (C=N–C) groups is 1. The monoisotopic (exact) mass is 403 g/mol. The second-order valence-corrected chi connectivity index (χ2v) is 7.45. The molecule has 1 rings (SSSR count). The summed E-state index contributed by atoms with van der Waals surface area (Å²) >= 11 is 0. The largest absolute Gasteiger partial charge is 0.354 e. The van der Waals surface area contributed by atoms with Crippen LogP contribution in [0.2, 0.25) is 0 Å². The first-order chi connectivity index (χ1) is 14.0. The van der Waals surface area contributed by atoms with Crippen LogP contribution in [0.4, 0.5) is 0 Å². The van der Waals surface area contributed by atoms with Crippen LogP contribution in [0.15, 0.2) is 29.3 Å². The van der Waals surface area contributed by atoms with Crippen molar-refractivity contribution in [1.82, 2.24) is 20.9 Å². The Morgan fingerprint density at radius 2 is 1.76 bits per heavy atom. The molecule has 0 aliphatic rings. The Morgan fingerprint density at radius 3 is 2.34 bits per heavy atom. The van der Waals surface area contributed by atoms with Gasteiger partial charge in [0.15, 0.2) is 5.96 Å². The summed E-state index contributed by atoms with van der Waals surface area (Å²) < 4.78 is 0. The summed E-state index contributed by atoms with van der Waals surface area (Å²) in [6.45, 7) is 13.5. The molecular formula is C23H41N5O. The van der Waals surface area contributed by atoms with Crippen LogP contribution in [0.5, 0.6) is 0 Å². The van der Waals surface area contributed by atoms with Crippen molar-refractivity contribution in [3.05, 3.63) is 35.4 Å². The first-order valence-corrected chi connectivity index (χ1v) is 11.1. The average molecular weight is 404 g/mol. The van der Waals surface area contributed by atoms with Crippen molar-refractivity contribution < 1.29 is 4.79 Å². The molecule has 0 aliphatic heterocycles. The van der Waals surface area contributed by atoms with Crippen LogP contribution in [-0.2, 0) is 6.54 Å². The van der Waals surface area contributed by atoms with E-state index in [4.69, 9.17) is 0 Å². The predicted molar refractivity (Wildman–Crippen MR) is 124 cm³/mol. The molecular weight excluding hydrogens is 362 g/mol. The number of carbonyl (C=O) groups is 1. The molecule has 6 heteroatoms. The lowest BCUT2D eigenvalue weighted by Gasteiger charge is -2.21. The van der Waals surface area contributed by atoms with Crippen molar-refractivity contribution in [2.24, 2.45) is 4.99 Å². The minimum Gasteiger partial charge on any atom is -0.354 e. The maximum atomic E-state index is 12.1. The molecule has 0 radical (unpaired) electrons. The lowest BCUT2D eigenvalue weighted by atomic mass is 10.1. The molecule has 0 bridgehead atoms. The standard InChI is InChI=1S/C23H41N5O/c1-6-9-16-25-22(29)21-14-12-20(13-15-21)18-26-23(24-5)27-19(4)11-10-17-28(7-2)8-3/h12-15,19H,6-11,16-18H2,1-5H3,(H,25,29)(H2,24,26,27). The normalized spacial score (nSPS) is 12.7. The summed E-state index contributed by atoms with van der Waals surface area (Å²) in [6, 6.07) is 8.10. The minimum atomic E-state index is -0.00558. The van der Waals surface area contributed by atoms with E-state index in [0.29, 0.717) is 18.2 Å². The number of rotatable bonds is 13. The van der Waals surface area contributed by atoms with Crippen LogP contribution in [0.25, 0.3) is 0 Å². The summed E-state index contributed by atoms with van der Waals surface area (Å²) in [7, 11) is 1.79. The number of unbranched alkanes of at least 4 members (excludes halogenated alkanes) is 1. The van der Waals surface area contributed by atoms with E-state index in [9.17, 15) is 4.79 Å². The first kappa shape index (κ1) is 25.0. The van der Waals surface area contributed by atoms with Crippen molar-refractivity contribution in [2.75, 3.05) is 33.2 Å². The smallest absolute Gasteiger partial charge is 0.251 e. The zero-order chi connectivity index (χ0) is 21.5. The molecule has 29 heavy (non-hydrogen) atoms. The topological polar surface area (TPSA) is 68.8 Å². The summed E-state index contributed by atoms with van der Waals surface area (Å²) in [5.41, 5.74) is 1.82. The van der Waals surface area contributed by atoms with E-state index in [0.717, 1.165) is 57.0 Å². The maximum Gasteiger partial charge on any atom is 0.251 e. The molecule has 1 unspecified atom stereocenters. The fourth-order valence-electron chi connectivity index (χ4n) is 3.10. The third kappa shape index (κ3) is 10.3. The summed E-state index contributed by atoms with van der Waals surface area (Å²) in [4.78, 5) is 18.9. The van der Waals surface area contributed by atoms with Crippen molar-refractivity contribution in [3.8, 4) is 0 Å². The number of benzene rings is 1. The molecule has 1 aromatic rings. The number of hydrogen-bond acceptors (Lipinski definition) is 3. The van der Waals surface area contributed by atoms with Gasteiger partial charge < -0.3 is 20.9 Å². The molecule has 0 heterocycles. The Balaban J connectivity index is 2.39. The zero-order valence-electron chi connectivity index (χ0n) is 19.1. The highest BCUT2D eigenvalue weighted by Crippen LogP contribution is 2.05. The minimum absolute atomic E-state index is 0.00558. The third-order valence-electron chi connectivity index (χ3n) is 5.10. The van der Waals surface area contributed by atoms with E-state index in [1.807, 2.05) is 24.3 Å². The fourth-order valence-corrected chi connectivity index (χ4v) is 3.10. The first-order valence-electron chi connectivity index (χ1n) is 11.1. The lowest BCUT2D eigenvalue weighted by molar-refractivity contribution is 0.0953. The van der Waals surface area contributed by atoms with Gasteiger partial charge in [0, 0.05) is 31.7 Å². The highest BCUT2D eigenvalue weighted by Gasteiger charge is 2.08. The number of nitrogens with zero attached hydrogens (tertiary/aromatic N) is 2. The second-order valence-electron chi connectivity index (χ2n) is 7.45. The number of hydrogen-bond donors (Lipinski definition) is 3. The van der Waals surface area contributed by atoms with Gasteiger partial charge >= 0.3 is 0 Å². The zero-order valence-corrected chi connectivity index (χ0v) is 19.1. The summed E-state index contributed by atoms with van der Waals surface area (Å²) in [5, 5.41) is 9.76.